The molecule has 150 valence electrons. The molecule has 2 aliphatic heterocycles. The largest absolute Gasteiger partial charge is 0.444 e. The lowest BCUT2D eigenvalue weighted by atomic mass is 9.89. The average Bonchev–Trinajstić information content (AvgIpc) is 2.55. The molecule has 27 heavy (non-hydrogen) atoms. The summed E-state index contributed by atoms with van der Waals surface area (Å²) in [6.45, 7) is 6.61. The van der Waals surface area contributed by atoms with E-state index in [0.717, 1.165) is 11.4 Å². The molecule has 1 aromatic carbocycles. The molecule has 0 aliphatic carbocycles. The van der Waals surface area contributed by atoms with Gasteiger partial charge >= 0.3 is 12.2 Å². The number of nitrogens with zero attached hydrogens (tertiary/aromatic N) is 2. The Hall–Kier alpha value is -1.73. The Morgan fingerprint density at radius 3 is 2.37 bits per heavy atom. The van der Waals surface area contributed by atoms with E-state index in [-0.39, 0.29) is 6.54 Å². The Bertz CT molecular complexity index is 653. The fourth-order valence-electron chi connectivity index (χ4n) is 3.68. The highest BCUT2D eigenvalue weighted by Gasteiger charge is 2.52. The number of likely N-dealkylation sites (tertiary alicyclic amines) is 1. The second-order valence-corrected chi connectivity index (χ2v) is 8.52. The highest BCUT2D eigenvalue weighted by Crippen LogP contribution is 2.38. The van der Waals surface area contributed by atoms with E-state index in [1.165, 1.54) is 5.56 Å². The standard InChI is InChI=1S/C20H28F2N2O3/c1-18(2,3)26-17(25)24-14-19(27-20(21,22)15-24)9-11-23(12-10-19)13-16-7-5-4-6-8-16/h4-8H,9-15H2,1-3H3. The van der Waals surface area contributed by atoms with Crippen molar-refractivity contribution in [1.29, 1.82) is 0 Å². The lowest BCUT2D eigenvalue weighted by molar-refractivity contribution is -0.333. The number of halogens is 2. The zero-order valence-electron chi connectivity index (χ0n) is 16.2. The monoisotopic (exact) mass is 382 g/mol. The van der Waals surface area contributed by atoms with Gasteiger partial charge in [0.25, 0.3) is 0 Å². The summed E-state index contributed by atoms with van der Waals surface area (Å²) < 4.78 is 39.0. The first-order valence-corrected chi connectivity index (χ1v) is 9.38. The number of morpholine rings is 1. The minimum atomic E-state index is -3.36. The Balaban J connectivity index is 1.64. The third-order valence-electron chi connectivity index (χ3n) is 4.89. The fraction of sp³-hybridized carbons (Fsp3) is 0.650. The lowest BCUT2D eigenvalue weighted by Gasteiger charge is -2.49. The highest BCUT2D eigenvalue weighted by atomic mass is 19.3. The molecule has 1 aromatic rings. The first-order chi connectivity index (χ1) is 12.6. The van der Waals surface area contributed by atoms with Crippen molar-refractivity contribution in [3.8, 4) is 0 Å². The van der Waals surface area contributed by atoms with E-state index in [1.807, 2.05) is 18.2 Å². The van der Waals surface area contributed by atoms with Crippen LogP contribution in [0.1, 0.15) is 39.2 Å². The maximum absolute atomic E-state index is 14.2. The van der Waals surface area contributed by atoms with E-state index in [4.69, 9.17) is 9.47 Å². The van der Waals surface area contributed by atoms with Crippen molar-refractivity contribution < 1.29 is 23.0 Å². The van der Waals surface area contributed by atoms with Crippen LogP contribution in [0.25, 0.3) is 0 Å². The van der Waals surface area contributed by atoms with Crippen molar-refractivity contribution in [3.05, 3.63) is 35.9 Å². The number of hydrogen-bond acceptors (Lipinski definition) is 4. The molecule has 2 aliphatic rings. The highest BCUT2D eigenvalue weighted by molar-refractivity contribution is 5.68. The molecule has 2 heterocycles. The van der Waals surface area contributed by atoms with Gasteiger partial charge < -0.3 is 9.47 Å². The third kappa shape index (κ3) is 5.39. The van der Waals surface area contributed by atoms with Gasteiger partial charge in [-0.3, -0.25) is 9.80 Å². The Kier molecular flexibility index (Phi) is 5.45. The molecule has 0 atom stereocenters. The summed E-state index contributed by atoms with van der Waals surface area (Å²) >= 11 is 0. The number of carbonyl (C=O) groups is 1. The van der Waals surface area contributed by atoms with E-state index >= 15 is 0 Å². The van der Waals surface area contributed by atoms with E-state index < -0.39 is 29.9 Å². The predicted molar refractivity (Wildman–Crippen MR) is 97.5 cm³/mol. The van der Waals surface area contributed by atoms with Crippen molar-refractivity contribution in [2.45, 2.75) is 57.5 Å². The summed E-state index contributed by atoms with van der Waals surface area (Å²) in [6.07, 6.45) is -3.17. The Morgan fingerprint density at radius 1 is 1.15 bits per heavy atom. The molecule has 7 heteroatoms. The molecule has 1 amide bonds. The molecule has 5 nitrogen and oxygen atoms in total. The SMILES string of the molecule is CC(C)(C)OC(=O)N1CC(F)(F)OC2(CCN(Cc3ccccc3)CC2)C1. The number of alkyl halides is 2. The lowest BCUT2D eigenvalue weighted by Crippen LogP contribution is -2.63. The topological polar surface area (TPSA) is 42.0 Å². The quantitative estimate of drug-likeness (QED) is 0.779. The zero-order chi connectivity index (χ0) is 19.7. The van der Waals surface area contributed by atoms with Crippen LogP contribution in [-0.4, -0.2) is 59.4 Å². The van der Waals surface area contributed by atoms with Gasteiger partial charge in [0.1, 0.15) is 12.1 Å². The van der Waals surface area contributed by atoms with Crippen LogP contribution < -0.4 is 0 Å². The summed E-state index contributed by atoms with van der Waals surface area (Å²) in [6, 6.07) is 10.1. The number of ether oxygens (including phenoxy) is 2. The van der Waals surface area contributed by atoms with Gasteiger partial charge in [0.15, 0.2) is 0 Å². The molecule has 0 bridgehead atoms. The van der Waals surface area contributed by atoms with Gasteiger partial charge in [-0.25, -0.2) is 4.79 Å². The van der Waals surface area contributed by atoms with Gasteiger partial charge in [0.05, 0.1) is 12.1 Å². The Labute approximate surface area is 159 Å². The predicted octanol–water partition coefficient (Wildman–Crippen LogP) is 3.88. The molecule has 3 rings (SSSR count). The van der Waals surface area contributed by atoms with Crippen LogP contribution in [-0.2, 0) is 16.0 Å². The second-order valence-electron chi connectivity index (χ2n) is 8.52. The van der Waals surface area contributed by atoms with E-state index in [2.05, 4.69) is 17.0 Å². The molecular formula is C20H28F2N2O3. The van der Waals surface area contributed by atoms with Crippen LogP contribution in [0, 0.1) is 0 Å². The number of piperidine rings is 1. The normalized spacial score (nSPS) is 22.6. The van der Waals surface area contributed by atoms with Gasteiger partial charge in [-0.2, -0.15) is 8.78 Å². The first-order valence-electron chi connectivity index (χ1n) is 9.38. The minimum Gasteiger partial charge on any atom is -0.444 e. The van der Waals surface area contributed by atoms with Crippen LogP contribution in [0.4, 0.5) is 13.6 Å². The minimum absolute atomic E-state index is 0.136. The maximum atomic E-state index is 14.2. The van der Waals surface area contributed by atoms with Gasteiger partial charge in [0.2, 0.25) is 0 Å². The number of rotatable bonds is 2. The number of hydrogen-bond donors (Lipinski definition) is 0. The molecule has 0 unspecified atom stereocenters. The van der Waals surface area contributed by atoms with Crippen LogP contribution in [0.5, 0.6) is 0 Å². The molecule has 0 radical (unpaired) electrons. The summed E-state index contributed by atoms with van der Waals surface area (Å²) in [4.78, 5) is 15.7. The summed E-state index contributed by atoms with van der Waals surface area (Å²) in [5.74, 6) is 0. The summed E-state index contributed by atoms with van der Waals surface area (Å²) in [5.41, 5.74) is -0.554. The van der Waals surface area contributed by atoms with Crippen molar-refractivity contribution in [2.24, 2.45) is 0 Å². The van der Waals surface area contributed by atoms with Gasteiger partial charge in [-0.15, -0.1) is 0 Å². The molecular weight excluding hydrogens is 354 g/mol. The van der Waals surface area contributed by atoms with E-state index in [9.17, 15) is 13.6 Å². The average molecular weight is 382 g/mol. The molecule has 2 fully saturated rings. The van der Waals surface area contributed by atoms with Gasteiger partial charge in [-0.1, -0.05) is 30.3 Å². The molecule has 2 saturated heterocycles. The first kappa shape index (κ1) is 20.0. The van der Waals surface area contributed by atoms with Crippen molar-refractivity contribution in [3.63, 3.8) is 0 Å². The second kappa shape index (κ2) is 7.36. The molecule has 0 aromatic heterocycles. The van der Waals surface area contributed by atoms with Gasteiger partial charge in [0, 0.05) is 19.6 Å². The van der Waals surface area contributed by atoms with Crippen LogP contribution in [0.15, 0.2) is 30.3 Å². The van der Waals surface area contributed by atoms with Crippen LogP contribution in [0.3, 0.4) is 0 Å². The van der Waals surface area contributed by atoms with Gasteiger partial charge in [-0.05, 0) is 39.2 Å². The number of amides is 1. The Morgan fingerprint density at radius 2 is 1.78 bits per heavy atom. The number of carbonyl (C=O) groups excluding carboxylic acids is 1. The van der Waals surface area contributed by atoms with Crippen molar-refractivity contribution >= 4 is 6.09 Å². The summed E-state index contributed by atoms with van der Waals surface area (Å²) in [7, 11) is 0. The van der Waals surface area contributed by atoms with E-state index in [1.54, 1.807) is 20.8 Å². The van der Waals surface area contributed by atoms with Crippen LogP contribution >= 0.6 is 0 Å². The molecule has 0 N–H and O–H groups in total. The zero-order valence-corrected chi connectivity index (χ0v) is 16.2. The smallest absolute Gasteiger partial charge is 0.410 e. The molecule has 1 spiro atoms. The van der Waals surface area contributed by atoms with Crippen molar-refractivity contribution in [2.75, 3.05) is 26.2 Å². The fourth-order valence-corrected chi connectivity index (χ4v) is 3.68. The third-order valence-corrected chi connectivity index (χ3v) is 4.89. The number of benzene rings is 1. The van der Waals surface area contributed by atoms with Crippen molar-refractivity contribution in [1.82, 2.24) is 9.80 Å². The van der Waals surface area contributed by atoms with E-state index in [0.29, 0.717) is 25.9 Å². The maximum Gasteiger partial charge on any atom is 0.410 e. The van der Waals surface area contributed by atoms with Crippen LogP contribution in [0.2, 0.25) is 0 Å². The molecule has 0 saturated carbocycles. The summed E-state index contributed by atoms with van der Waals surface area (Å²) in [5, 5.41) is 0.